The van der Waals surface area contributed by atoms with Crippen LogP contribution in [0.25, 0.3) is 0 Å². The third-order valence-electron chi connectivity index (χ3n) is 4.16. The van der Waals surface area contributed by atoms with E-state index in [2.05, 4.69) is 48.6 Å². The first-order valence-corrected chi connectivity index (χ1v) is 8.04. The fraction of sp³-hybridized carbons (Fsp3) is 0.733. The number of nitrogens with zero attached hydrogens (tertiary/aromatic N) is 1. The minimum absolute atomic E-state index is 0.642. The molecule has 0 bridgehead atoms. The molecule has 0 aliphatic heterocycles. The van der Waals surface area contributed by atoms with Crippen LogP contribution in [-0.4, -0.2) is 30.1 Å². The van der Waals surface area contributed by atoms with Crippen LogP contribution >= 0.6 is 11.3 Å². The van der Waals surface area contributed by atoms with Gasteiger partial charge in [-0.2, -0.15) is 0 Å². The molecule has 0 saturated heterocycles. The Morgan fingerprint density at radius 3 is 2.56 bits per heavy atom. The van der Waals surface area contributed by atoms with Crippen LogP contribution in [-0.2, 0) is 6.54 Å². The molecule has 2 rings (SSSR count). The lowest BCUT2D eigenvalue weighted by atomic mass is 9.89. The highest BCUT2D eigenvalue weighted by atomic mass is 32.1. The summed E-state index contributed by atoms with van der Waals surface area (Å²) < 4.78 is 0. The van der Waals surface area contributed by atoms with E-state index in [1.54, 1.807) is 0 Å². The Kier molecular flexibility index (Phi) is 5.22. The Morgan fingerprint density at radius 1 is 1.33 bits per heavy atom. The average Bonchev–Trinajstić information content (AvgIpc) is 2.89. The Hall–Kier alpha value is -0.380. The van der Waals surface area contributed by atoms with E-state index in [-0.39, 0.29) is 0 Å². The van der Waals surface area contributed by atoms with Crippen molar-refractivity contribution in [3.63, 3.8) is 0 Å². The first-order chi connectivity index (χ1) is 8.70. The summed E-state index contributed by atoms with van der Waals surface area (Å²) in [5.74, 6) is 0. The van der Waals surface area contributed by atoms with Gasteiger partial charge in [0.2, 0.25) is 0 Å². The maximum absolute atomic E-state index is 3.42. The third kappa shape index (κ3) is 3.56. The Morgan fingerprint density at radius 2 is 2.06 bits per heavy atom. The van der Waals surface area contributed by atoms with Gasteiger partial charge in [0.25, 0.3) is 0 Å². The van der Waals surface area contributed by atoms with E-state index in [9.17, 15) is 0 Å². The molecule has 1 aliphatic rings. The summed E-state index contributed by atoms with van der Waals surface area (Å²) >= 11 is 1.88. The van der Waals surface area contributed by atoms with Crippen LogP contribution in [0.2, 0.25) is 0 Å². The zero-order valence-electron chi connectivity index (χ0n) is 11.9. The molecule has 102 valence electrons. The molecule has 0 unspecified atom stereocenters. The van der Waals surface area contributed by atoms with Crippen molar-refractivity contribution in [1.82, 2.24) is 10.2 Å². The lowest BCUT2D eigenvalue weighted by molar-refractivity contribution is 0.105. The van der Waals surface area contributed by atoms with Crippen LogP contribution in [0, 0.1) is 0 Å². The second-order valence-electron chi connectivity index (χ2n) is 5.64. The smallest absolute Gasteiger partial charge is 0.0333 e. The number of nitrogens with one attached hydrogen (secondary N) is 1. The molecule has 1 fully saturated rings. The summed E-state index contributed by atoms with van der Waals surface area (Å²) in [6, 6.07) is 6.59. The summed E-state index contributed by atoms with van der Waals surface area (Å²) in [6.07, 6.45) is 5.34. The fourth-order valence-corrected chi connectivity index (χ4v) is 3.72. The Labute approximate surface area is 115 Å². The monoisotopic (exact) mass is 266 g/mol. The van der Waals surface area contributed by atoms with Crippen LogP contribution in [0.4, 0.5) is 0 Å². The van der Waals surface area contributed by atoms with Crippen molar-refractivity contribution in [3.8, 4) is 0 Å². The first kappa shape index (κ1) is 14.0. The molecule has 18 heavy (non-hydrogen) atoms. The van der Waals surface area contributed by atoms with Crippen LogP contribution in [0.5, 0.6) is 0 Å². The van der Waals surface area contributed by atoms with E-state index in [1.165, 1.54) is 30.6 Å². The highest BCUT2D eigenvalue weighted by Crippen LogP contribution is 2.26. The topological polar surface area (TPSA) is 15.3 Å². The number of thiophene rings is 1. The second kappa shape index (κ2) is 6.69. The van der Waals surface area contributed by atoms with E-state index in [0.29, 0.717) is 6.04 Å². The van der Waals surface area contributed by atoms with Crippen LogP contribution in [0.15, 0.2) is 17.5 Å². The highest BCUT2D eigenvalue weighted by Gasteiger charge is 2.26. The molecular formula is C15H26N2S. The summed E-state index contributed by atoms with van der Waals surface area (Å²) in [5.41, 5.74) is 0. The predicted molar refractivity (Wildman–Crippen MR) is 80.1 cm³/mol. The molecule has 1 aromatic rings. The molecule has 0 spiro atoms. The van der Waals surface area contributed by atoms with E-state index < -0.39 is 0 Å². The lowest BCUT2D eigenvalue weighted by Crippen LogP contribution is -2.44. The molecule has 0 amide bonds. The van der Waals surface area contributed by atoms with Gasteiger partial charge in [0.1, 0.15) is 0 Å². The van der Waals surface area contributed by atoms with Gasteiger partial charge < -0.3 is 5.32 Å². The lowest BCUT2D eigenvalue weighted by Gasteiger charge is -2.39. The van der Waals surface area contributed by atoms with Crippen molar-refractivity contribution in [1.29, 1.82) is 0 Å². The van der Waals surface area contributed by atoms with Crippen LogP contribution < -0.4 is 5.32 Å². The molecule has 1 aromatic heterocycles. The van der Waals surface area contributed by atoms with Gasteiger partial charge >= 0.3 is 0 Å². The highest BCUT2D eigenvalue weighted by molar-refractivity contribution is 7.09. The molecule has 1 saturated carbocycles. The summed E-state index contributed by atoms with van der Waals surface area (Å²) in [6.45, 7) is 5.79. The molecule has 0 radical (unpaired) electrons. The first-order valence-electron chi connectivity index (χ1n) is 7.16. The molecular weight excluding hydrogens is 240 g/mol. The van der Waals surface area contributed by atoms with Gasteiger partial charge in [-0.15, -0.1) is 11.3 Å². The SMILES string of the molecule is CNC1CCC(N(Cc2cccs2)C(C)C)CC1. The van der Waals surface area contributed by atoms with E-state index in [0.717, 1.165) is 18.6 Å². The number of hydrogen-bond acceptors (Lipinski definition) is 3. The zero-order chi connectivity index (χ0) is 13.0. The van der Waals surface area contributed by atoms with Crippen molar-refractivity contribution in [2.24, 2.45) is 0 Å². The molecule has 0 atom stereocenters. The van der Waals surface area contributed by atoms with Crippen molar-refractivity contribution in [2.45, 2.75) is 64.2 Å². The quantitative estimate of drug-likeness (QED) is 0.877. The maximum Gasteiger partial charge on any atom is 0.0333 e. The summed E-state index contributed by atoms with van der Waals surface area (Å²) in [4.78, 5) is 4.19. The zero-order valence-corrected chi connectivity index (χ0v) is 12.7. The van der Waals surface area contributed by atoms with E-state index >= 15 is 0 Å². The van der Waals surface area contributed by atoms with Gasteiger partial charge in [-0.25, -0.2) is 0 Å². The second-order valence-corrected chi connectivity index (χ2v) is 6.67. The minimum Gasteiger partial charge on any atom is -0.317 e. The molecule has 1 N–H and O–H groups in total. The Balaban J connectivity index is 1.94. The van der Waals surface area contributed by atoms with Gasteiger partial charge in [0, 0.05) is 29.5 Å². The normalized spacial score (nSPS) is 24.9. The largest absolute Gasteiger partial charge is 0.317 e. The molecule has 2 nitrogen and oxygen atoms in total. The molecule has 1 aliphatic carbocycles. The van der Waals surface area contributed by atoms with Gasteiger partial charge in [0.15, 0.2) is 0 Å². The minimum atomic E-state index is 0.642. The van der Waals surface area contributed by atoms with Gasteiger partial charge in [-0.3, -0.25) is 4.90 Å². The fourth-order valence-electron chi connectivity index (χ4n) is 3.01. The van der Waals surface area contributed by atoms with E-state index in [4.69, 9.17) is 0 Å². The number of hydrogen-bond donors (Lipinski definition) is 1. The summed E-state index contributed by atoms with van der Waals surface area (Å²) in [7, 11) is 2.09. The summed E-state index contributed by atoms with van der Waals surface area (Å²) in [5, 5.41) is 5.61. The van der Waals surface area contributed by atoms with Crippen molar-refractivity contribution < 1.29 is 0 Å². The Bertz CT molecular complexity index is 326. The van der Waals surface area contributed by atoms with Crippen LogP contribution in [0.1, 0.15) is 44.4 Å². The van der Waals surface area contributed by atoms with Crippen molar-refractivity contribution in [2.75, 3.05) is 7.05 Å². The average molecular weight is 266 g/mol. The predicted octanol–water partition coefficient (Wildman–Crippen LogP) is 3.49. The van der Waals surface area contributed by atoms with Crippen molar-refractivity contribution in [3.05, 3.63) is 22.4 Å². The molecule has 0 aromatic carbocycles. The molecule has 3 heteroatoms. The van der Waals surface area contributed by atoms with E-state index in [1.807, 2.05) is 11.3 Å². The maximum atomic E-state index is 3.42. The van der Waals surface area contributed by atoms with Gasteiger partial charge in [-0.1, -0.05) is 6.07 Å². The van der Waals surface area contributed by atoms with Crippen molar-refractivity contribution >= 4 is 11.3 Å². The molecule has 1 heterocycles. The van der Waals surface area contributed by atoms with Gasteiger partial charge in [0.05, 0.1) is 0 Å². The van der Waals surface area contributed by atoms with Crippen LogP contribution in [0.3, 0.4) is 0 Å². The standard InChI is InChI=1S/C15H26N2S/c1-12(2)17(11-15-5-4-10-18-15)14-8-6-13(16-3)7-9-14/h4-5,10,12-14,16H,6-9,11H2,1-3H3. The number of rotatable bonds is 5. The van der Waals surface area contributed by atoms with Gasteiger partial charge in [-0.05, 0) is 58.0 Å². The third-order valence-corrected chi connectivity index (χ3v) is 5.02.